The third kappa shape index (κ3) is 3.52. The zero-order valence-electron chi connectivity index (χ0n) is 9.66. The third-order valence-electron chi connectivity index (χ3n) is 2.40. The summed E-state index contributed by atoms with van der Waals surface area (Å²) in [5.41, 5.74) is 4.12. The molecule has 1 rings (SSSR count). The fourth-order valence-electron chi connectivity index (χ4n) is 1.61. The second kappa shape index (κ2) is 6.16. The molecule has 0 saturated heterocycles. The Morgan fingerprint density at radius 2 is 1.87 bits per heavy atom. The van der Waals surface area contributed by atoms with E-state index in [-0.39, 0.29) is 6.04 Å². The molecule has 3 heteroatoms. The van der Waals surface area contributed by atoms with Gasteiger partial charge in [0.1, 0.15) is 0 Å². The molecule has 1 unspecified atom stereocenters. The largest absolute Gasteiger partial charge is 0.271 e. The number of hydrogen-bond donors (Lipinski definition) is 2. The molecule has 0 saturated carbocycles. The van der Waals surface area contributed by atoms with E-state index in [1.165, 1.54) is 10.5 Å². The van der Waals surface area contributed by atoms with E-state index >= 15 is 0 Å². The summed E-state index contributed by atoms with van der Waals surface area (Å²) >= 11 is 1.86. The Bertz CT molecular complexity index is 282. The second-order valence-electron chi connectivity index (χ2n) is 3.89. The van der Waals surface area contributed by atoms with Crippen LogP contribution in [-0.4, -0.2) is 5.75 Å². The van der Waals surface area contributed by atoms with E-state index in [1.807, 2.05) is 11.8 Å². The molecule has 0 aliphatic heterocycles. The molecule has 0 aliphatic rings. The lowest BCUT2D eigenvalue weighted by molar-refractivity contribution is 0.421. The normalized spacial score (nSPS) is 13.1. The molecule has 0 aliphatic carbocycles. The van der Waals surface area contributed by atoms with Crippen molar-refractivity contribution < 1.29 is 0 Å². The minimum atomic E-state index is 0.241. The number of hydrazine groups is 1. The predicted molar refractivity (Wildman–Crippen MR) is 67.7 cm³/mol. The van der Waals surface area contributed by atoms with E-state index in [0.29, 0.717) is 5.92 Å². The van der Waals surface area contributed by atoms with E-state index in [2.05, 4.69) is 50.5 Å². The maximum absolute atomic E-state index is 5.55. The van der Waals surface area contributed by atoms with Crippen LogP contribution in [0.5, 0.6) is 0 Å². The van der Waals surface area contributed by atoms with Gasteiger partial charge in [0, 0.05) is 10.9 Å². The first kappa shape index (κ1) is 12.6. The second-order valence-corrected chi connectivity index (χ2v) is 5.23. The van der Waals surface area contributed by atoms with Gasteiger partial charge in [-0.05, 0) is 29.4 Å². The first-order valence-corrected chi connectivity index (χ1v) is 6.36. The zero-order valence-corrected chi connectivity index (χ0v) is 10.5. The highest BCUT2D eigenvalue weighted by atomic mass is 32.2. The van der Waals surface area contributed by atoms with Crippen molar-refractivity contribution in [3.63, 3.8) is 0 Å². The topological polar surface area (TPSA) is 38.0 Å². The van der Waals surface area contributed by atoms with Crippen molar-refractivity contribution in [2.45, 2.75) is 31.7 Å². The van der Waals surface area contributed by atoms with Crippen LogP contribution in [0.2, 0.25) is 0 Å². The van der Waals surface area contributed by atoms with Gasteiger partial charge < -0.3 is 0 Å². The molecule has 2 nitrogen and oxygen atoms in total. The Morgan fingerprint density at radius 3 is 2.27 bits per heavy atom. The van der Waals surface area contributed by atoms with Gasteiger partial charge in [-0.2, -0.15) is 0 Å². The molecule has 84 valence electrons. The van der Waals surface area contributed by atoms with Crippen LogP contribution in [0.3, 0.4) is 0 Å². The molecule has 0 radical (unpaired) electrons. The molecule has 0 spiro atoms. The molecule has 1 aromatic rings. The van der Waals surface area contributed by atoms with Crippen molar-refractivity contribution in [3.05, 3.63) is 29.8 Å². The Balaban J connectivity index is 2.77. The van der Waals surface area contributed by atoms with Gasteiger partial charge in [0.2, 0.25) is 0 Å². The molecule has 0 fully saturated rings. The van der Waals surface area contributed by atoms with Crippen molar-refractivity contribution >= 4 is 11.8 Å². The summed E-state index contributed by atoms with van der Waals surface area (Å²) in [5, 5.41) is 0. The van der Waals surface area contributed by atoms with Crippen LogP contribution in [0.25, 0.3) is 0 Å². The summed E-state index contributed by atoms with van der Waals surface area (Å²) in [6, 6.07) is 8.88. The number of nitrogens with one attached hydrogen (secondary N) is 1. The van der Waals surface area contributed by atoms with Crippen LogP contribution in [0.1, 0.15) is 32.4 Å². The predicted octanol–water partition coefficient (Wildman–Crippen LogP) is 2.96. The minimum absolute atomic E-state index is 0.241. The Morgan fingerprint density at radius 1 is 1.27 bits per heavy atom. The quantitative estimate of drug-likeness (QED) is 0.459. The molecule has 0 amide bonds. The SMILES string of the molecule is CCSc1ccc(C(NN)C(C)C)cc1. The molecule has 15 heavy (non-hydrogen) atoms. The fraction of sp³-hybridized carbons (Fsp3) is 0.500. The van der Waals surface area contributed by atoms with Gasteiger partial charge in [-0.3, -0.25) is 11.3 Å². The van der Waals surface area contributed by atoms with Crippen molar-refractivity contribution in [1.82, 2.24) is 5.43 Å². The van der Waals surface area contributed by atoms with E-state index in [4.69, 9.17) is 5.84 Å². The number of thioether (sulfide) groups is 1. The minimum Gasteiger partial charge on any atom is -0.271 e. The van der Waals surface area contributed by atoms with Crippen LogP contribution in [0.4, 0.5) is 0 Å². The number of benzene rings is 1. The van der Waals surface area contributed by atoms with Crippen LogP contribution in [0, 0.1) is 5.92 Å². The van der Waals surface area contributed by atoms with Crippen molar-refractivity contribution in [1.29, 1.82) is 0 Å². The summed E-state index contributed by atoms with van der Waals surface area (Å²) < 4.78 is 0. The molecular weight excluding hydrogens is 204 g/mol. The first-order chi connectivity index (χ1) is 7.19. The van der Waals surface area contributed by atoms with Crippen molar-refractivity contribution in [3.8, 4) is 0 Å². The maximum atomic E-state index is 5.55. The zero-order chi connectivity index (χ0) is 11.3. The Hall–Kier alpha value is -0.510. The van der Waals surface area contributed by atoms with Gasteiger partial charge in [0.05, 0.1) is 0 Å². The van der Waals surface area contributed by atoms with Crippen molar-refractivity contribution in [2.75, 3.05) is 5.75 Å². The number of nitrogens with two attached hydrogens (primary N) is 1. The standard InChI is InChI=1S/C12H20N2S/c1-4-15-11-7-5-10(6-8-11)12(14-13)9(2)3/h5-9,12,14H,4,13H2,1-3H3. The van der Waals surface area contributed by atoms with Gasteiger partial charge in [-0.1, -0.05) is 32.9 Å². The third-order valence-corrected chi connectivity index (χ3v) is 3.29. The first-order valence-electron chi connectivity index (χ1n) is 5.38. The highest BCUT2D eigenvalue weighted by molar-refractivity contribution is 7.99. The lowest BCUT2D eigenvalue weighted by Gasteiger charge is -2.20. The van der Waals surface area contributed by atoms with Crippen LogP contribution >= 0.6 is 11.8 Å². The average molecular weight is 224 g/mol. The van der Waals surface area contributed by atoms with Crippen LogP contribution in [-0.2, 0) is 0 Å². The summed E-state index contributed by atoms with van der Waals surface area (Å²) in [4.78, 5) is 1.32. The lowest BCUT2D eigenvalue weighted by Crippen LogP contribution is -2.31. The maximum Gasteiger partial charge on any atom is 0.0482 e. The monoisotopic (exact) mass is 224 g/mol. The molecule has 1 aromatic carbocycles. The fourth-order valence-corrected chi connectivity index (χ4v) is 2.27. The van der Waals surface area contributed by atoms with Gasteiger partial charge >= 0.3 is 0 Å². The van der Waals surface area contributed by atoms with E-state index in [9.17, 15) is 0 Å². The average Bonchev–Trinajstić information content (AvgIpc) is 2.21. The van der Waals surface area contributed by atoms with Gasteiger partial charge in [-0.25, -0.2) is 0 Å². The number of hydrogen-bond acceptors (Lipinski definition) is 3. The van der Waals surface area contributed by atoms with Crippen molar-refractivity contribution in [2.24, 2.45) is 11.8 Å². The lowest BCUT2D eigenvalue weighted by atomic mass is 9.97. The summed E-state index contributed by atoms with van der Waals surface area (Å²) in [6.45, 7) is 6.50. The molecule has 0 heterocycles. The van der Waals surface area contributed by atoms with Gasteiger partial charge in [0.25, 0.3) is 0 Å². The number of rotatable bonds is 5. The molecular formula is C12H20N2S. The van der Waals surface area contributed by atoms with Gasteiger partial charge in [0.15, 0.2) is 0 Å². The summed E-state index contributed by atoms with van der Waals surface area (Å²) in [7, 11) is 0. The molecule has 3 N–H and O–H groups in total. The molecule has 1 atom stereocenters. The van der Waals surface area contributed by atoms with Crippen LogP contribution in [0.15, 0.2) is 29.2 Å². The van der Waals surface area contributed by atoms with Gasteiger partial charge in [-0.15, -0.1) is 11.8 Å². The highest BCUT2D eigenvalue weighted by Gasteiger charge is 2.13. The van der Waals surface area contributed by atoms with E-state index in [0.717, 1.165) is 5.75 Å². The van der Waals surface area contributed by atoms with E-state index in [1.54, 1.807) is 0 Å². The molecule has 0 bridgehead atoms. The Kier molecular flexibility index (Phi) is 5.15. The van der Waals surface area contributed by atoms with Crippen LogP contribution < -0.4 is 11.3 Å². The smallest absolute Gasteiger partial charge is 0.0482 e. The summed E-state index contributed by atoms with van der Waals surface area (Å²) in [6.07, 6.45) is 0. The van der Waals surface area contributed by atoms with E-state index < -0.39 is 0 Å². The molecule has 0 aromatic heterocycles. The Labute approximate surface area is 96.6 Å². The highest BCUT2D eigenvalue weighted by Crippen LogP contribution is 2.24. The summed E-state index contributed by atoms with van der Waals surface area (Å²) in [5.74, 6) is 7.16.